The lowest BCUT2D eigenvalue weighted by Crippen LogP contribution is -2.18. The van der Waals surface area contributed by atoms with Crippen LogP contribution in [-0.4, -0.2) is 17.8 Å². The third-order valence-electron chi connectivity index (χ3n) is 4.92. The Morgan fingerprint density at radius 2 is 1.93 bits per heavy atom. The first kappa shape index (κ1) is 19.6. The van der Waals surface area contributed by atoms with Crippen molar-refractivity contribution < 1.29 is 19.2 Å². The monoisotopic (exact) mass is 381 g/mol. The van der Waals surface area contributed by atoms with Crippen molar-refractivity contribution in [1.82, 2.24) is 0 Å². The van der Waals surface area contributed by atoms with Gasteiger partial charge < -0.3 is 9.47 Å². The maximum atomic E-state index is 12.3. The summed E-state index contributed by atoms with van der Waals surface area (Å²) < 4.78 is 11.2. The van der Waals surface area contributed by atoms with E-state index >= 15 is 0 Å². The fraction of sp³-hybridized carbons (Fsp3) is 0.318. The van der Waals surface area contributed by atoms with Crippen LogP contribution in [0.3, 0.4) is 0 Å². The number of hydrogen-bond donors (Lipinski definition) is 0. The molecular weight excluding hydrogens is 358 g/mol. The van der Waals surface area contributed by atoms with Gasteiger partial charge >= 0.3 is 0 Å². The van der Waals surface area contributed by atoms with Gasteiger partial charge in [-0.1, -0.05) is 13.0 Å². The van der Waals surface area contributed by atoms with Crippen molar-refractivity contribution in [3.63, 3.8) is 0 Å². The van der Waals surface area contributed by atoms with Gasteiger partial charge in [0.25, 0.3) is 5.69 Å². The van der Waals surface area contributed by atoms with Crippen LogP contribution in [0.5, 0.6) is 11.5 Å². The number of allylic oxidation sites excluding steroid dienone is 1. The normalized spacial score (nSPS) is 18.1. The fourth-order valence-corrected chi connectivity index (χ4v) is 3.28. The zero-order chi connectivity index (χ0) is 20.1. The van der Waals surface area contributed by atoms with Gasteiger partial charge in [-0.15, -0.1) is 0 Å². The molecule has 0 aliphatic heterocycles. The van der Waals surface area contributed by atoms with Gasteiger partial charge in [0.05, 0.1) is 12.0 Å². The second-order valence-electron chi connectivity index (χ2n) is 6.95. The van der Waals surface area contributed by atoms with Crippen LogP contribution in [0.1, 0.15) is 37.3 Å². The highest BCUT2D eigenvalue weighted by molar-refractivity contribution is 6.01. The van der Waals surface area contributed by atoms with Crippen LogP contribution in [0.15, 0.2) is 48.0 Å². The van der Waals surface area contributed by atoms with Crippen LogP contribution < -0.4 is 9.47 Å². The molecule has 6 nitrogen and oxygen atoms in total. The molecular formula is C22H23NO5. The van der Waals surface area contributed by atoms with E-state index in [1.165, 1.54) is 12.1 Å². The van der Waals surface area contributed by atoms with E-state index < -0.39 is 4.92 Å². The largest absolute Gasteiger partial charge is 0.493 e. The minimum absolute atomic E-state index is 0.0466. The van der Waals surface area contributed by atoms with Crippen LogP contribution in [0, 0.1) is 16.0 Å². The van der Waals surface area contributed by atoms with E-state index in [9.17, 15) is 14.9 Å². The molecule has 1 atom stereocenters. The number of nitro groups is 1. The summed E-state index contributed by atoms with van der Waals surface area (Å²) in [4.78, 5) is 22.6. The Hall–Kier alpha value is -3.15. The average molecular weight is 381 g/mol. The molecule has 0 N–H and O–H groups in total. The highest BCUT2D eigenvalue weighted by Crippen LogP contribution is 2.32. The number of nitro benzene ring substituents is 1. The van der Waals surface area contributed by atoms with Crippen molar-refractivity contribution in [2.45, 2.75) is 32.8 Å². The third-order valence-corrected chi connectivity index (χ3v) is 4.92. The molecule has 1 saturated carbocycles. The molecule has 28 heavy (non-hydrogen) atoms. The Labute approximate surface area is 163 Å². The lowest BCUT2D eigenvalue weighted by Gasteiger charge is -2.19. The van der Waals surface area contributed by atoms with Gasteiger partial charge in [-0.05, 0) is 66.3 Å². The second-order valence-corrected chi connectivity index (χ2v) is 6.95. The molecule has 0 radical (unpaired) electrons. The molecule has 0 unspecified atom stereocenters. The predicted octanol–water partition coefficient (Wildman–Crippen LogP) is 4.95. The molecule has 2 aromatic rings. The van der Waals surface area contributed by atoms with Crippen molar-refractivity contribution in [2.24, 2.45) is 5.92 Å². The number of methoxy groups -OCH3 is 1. The number of ether oxygens (including phenoxy) is 2. The second kappa shape index (κ2) is 8.69. The number of nitrogens with zero attached hydrogens (tertiary/aromatic N) is 1. The van der Waals surface area contributed by atoms with E-state index in [-0.39, 0.29) is 24.0 Å². The van der Waals surface area contributed by atoms with Crippen molar-refractivity contribution in [2.75, 3.05) is 7.11 Å². The highest BCUT2D eigenvalue weighted by Gasteiger charge is 2.22. The SMILES string of the molecule is COc1cc(/C=C2\CCC[C@H](C)C2=O)ccc1OCc1ccc([N+](=O)[O-])cc1. The van der Waals surface area contributed by atoms with Crippen molar-refractivity contribution in [1.29, 1.82) is 0 Å². The zero-order valence-electron chi connectivity index (χ0n) is 16.0. The summed E-state index contributed by atoms with van der Waals surface area (Å²) in [7, 11) is 1.57. The van der Waals surface area contributed by atoms with E-state index in [0.29, 0.717) is 11.5 Å². The topological polar surface area (TPSA) is 78.7 Å². The van der Waals surface area contributed by atoms with E-state index in [0.717, 1.165) is 36.0 Å². The fourth-order valence-electron chi connectivity index (χ4n) is 3.28. The van der Waals surface area contributed by atoms with Crippen molar-refractivity contribution in [3.05, 3.63) is 69.3 Å². The number of hydrogen-bond acceptors (Lipinski definition) is 5. The lowest BCUT2D eigenvalue weighted by atomic mass is 9.84. The Kier molecular flexibility index (Phi) is 6.09. The number of carbonyl (C=O) groups is 1. The maximum absolute atomic E-state index is 12.3. The maximum Gasteiger partial charge on any atom is 0.269 e. The van der Waals surface area contributed by atoms with Crippen molar-refractivity contribution in [3.8, 4) is 11.5 Å². The van der Waals surface area contributed by atoms with Gasteiger partial charge in [0.15, 0.2) is 17.3 Å². The summed E-state index contributed by atoms with van der Waals surface area (Å²) >= 11 is 0. The first-order valence-corrected chi connectivity index (χ1v) is 9.27. The minimum atomic E-state index is -0.432. The van der Waals surface area contributed by atoms with Crippen LogP contribution in [0.2, 0.25) is 0 Å². The van der Waals surface area contributed by atoms with Gasteiger partial charge in [0.1, 0.15) is 6.61 Å². The van der Waals surface area contributed by atoms with E-state index in [1.807, 2.05) is 31.2 Å². The summed E-state index contributed by atoms with van der Waals surface area (Å²) in [5.41, 5.74) is 2.63. The number of carbonyl (C=O) groups excluding carboxylic acids is 1. The highest BCUT2D eigenvalue weighted by atomic mass is 16.6. The third kappa shape index (κ3) is 4.57. The molecule has 0 heterocycles. The predicted molar refractivity (Wildman–Crippen MR) is 106 cm³/mol. The molecule has 6 heteroatoms. The standard InChI is InChI=1S/C22H23NO5/c1-15-4-3-5-18(22(15)24)12-17-8-11-20(21(13-17)27-2)28-14-16-6-9-19(10-7-16)23(25)26/h6-13,15H,3-5,14H2,1-2H3/b18-12+/t15-/m0/s1. The molecule has 0 bridgehead atoms. The van der Waals surface area contributed by atoms with Crippen molar-refractivity contribution >= 4 is 17.5 Å². The summed E-state index contributed by atoms with van der Waals surface area (Å²) in [6.07, 6.45) is 4.73. The number of ketones is 1. The number of non-ortho nitro benzene ring substituents is 1. The Morgan fingerprint density at radius 3 is 2.61 bits per heavy atom. The van der Waals surface area contributed by atoms with E-state index in [2.05, 4.69) is 0 Å². The van der Waals surface area contributed by atoms with Gasteiger partial charge in [-0.2, -0.15) is 0 Å². The van der Waals surface area contributed by atoms with E-state index in [4.69, 9.17) is 9.47 Å². The molecule has 146 valence electrons. The molecule has 2 aromatic carbocycles. The number of benzene rings is 2. The quantitative estimate of drug-likeness (QED) is 0.402. The lowest BCUT2D eigenvalue weighted by molar-refractivity contribution is -0.384. The summed E-state index contributed by atoms with van der Waals surface area (Å²) in [6.45, 7) is 2.25. The first-order chi connectivity index (χ1) is 13.5. The summed E-state index contributed by atoms with van der Waals surface area (Å²) in [6, 6.07) is 11.8. The molecule has 0 saturated heterocycles. The smallest absolute Gasteiger partial charge is 0.269 e. The summed E-state index contributed by atoms with van der Waals surface area (Å²) in [5, 5.41) is 10.7. The van der Waals surface area contributed by atoms with Gasteiger partial charge in [-0.3, -0.25) is 14.9 Å². The van der Waals surface area contributed by atoms with Crippen LogP contribution in [-0.2, 0) is 11.4 Å². The van der Waals surface area contributed by atoms with Crippen LogP contribution in [0.4, 0.5) is 5.69 Å². The molecule has 0 aromatic heterocycles. The zero-order valence-corrected chi connectivity index (χ0v) is 16.0. The van der Waals surface area contributed by atoms with E-state index in [1.54, 1.807) is 19.2 Å². The molecule has 0 spiro atoms. The molecule has 1 fully saturated rings. The van der Waals surface area contributed by atoms with Gasteiger partial charge in [0.2, 0.25) is 0 Å². The summed E-state index contributed by atoms with van der Waals surface area (Å²) in [5.74, 6) is 1.47. The molecule has 0 amide bonds. The van der Waals surface area contributed by atoms with Gasteiger partial charge in [-0.25, -0.2) is 0 Å². The minimum Gasteiger partial charge on any atom is -0.493 e. The van der Waals surface area contributed by atoms with Crippen LogP contribution in [0.25, 0.3) is 6.08 Å². The number of Topliss-reactive ketones (excluding diaryl/α,β-unsaturated/α-hetero) is 1. The molecule has 3 rings (SSSR count). The first-order valence-electron chi connectivity index (χ1n) is 9.27. The Bertz CT molecular complexity index is 902. The number of rotatable bonds is 6. The van der Waals surface area contributed by atoms with Crippen LogP contribution >= 0.6 is 0 Å². The molecule has 1 aliphatic rings. The molecule has 1 aliphatic carbocycles. The van der Waals surface area contributed by atoms with Gasteiger partial charge in [0, 0.05) is 18.1 Å². The Morgan fingerprint density at radius 1 is 1.18 bits per heavy atom. The average Bonchev–Trinajstić information content (AvgIpc) is 2.70. The Balaban J connectivity index is 1.72.